The molecule has 1 aliphatic heterocycles. The van der Waals surface area contributed by atoms with E-state index in [1.165, 1.54) is 6.08 Å². The van der Waals surface area contributed by atoms with Crippen molar-refractivity contribution >= 4 is 23.6 Å². The van der Waals surface area contributed by atoms with Gasteiger partial charge in [-0.1, -0.05) is 24.3 Å². The first-order chi connectivity index (χ1) is 13.5. The zero-order valence-corrected chi connectivity index (χ0v) is 16.2. The van der Waals surface area contributed by atoms with E-state index in [1.807, 2.05) is 31.2 Å². The molecular formula is C22H23NO5. The summed E-state index contributed by atoms with van der Waals surface area (Å²) in [7, 11) is 3.10. The third kappa shape index (κ3) is 4.17. The number of nitrogens with zero attached hydrogens (tertiary/aromatic N) is 1. The molecule has 0 saturated carbocycles. The van der Waals surface area contributed by atoms with E-state index in [0.717, 1.165) is 23.2 Å². The van der Waals surface area contributed by atoms with Crippen molar-refractivity contribution in [1.82, 2.24) is 0 Å². The number of anilines is 1. The monoisotopic (exact) mass is 381 g/mol. The van der Waals surface area contributed by atoms with Gasteiger partial charge in [0.15, 0.2) is 18.1 Å². The molecule has 6 heteroatoms. The van der Waals surface area contributed by atoms with E-state index in [0.29, 0.717) is 11.5 Å². The lowest BCUT2D eigenvalue weighted by atomic mass is 10.1. The Kier molecular flexibility index (Phi) is 5.99. The van der Waals surface area contributed by atoms with E-state index < -0.39 is 5.97 Å². The summed E-state index contributed by atoms with van der Waals surface area (Å²) in [4.78, 5) is 26.2. The molecule has 6 nitrogen and oxygen atoms in total. The summed E-state index contributed by atoms with van der Waals surface area (Å²) >= 11 is 0. The maximum absolute atomic E-state index is 12.5. The van der Waals surface area contributed by atoms with E-state index >= 15 is 0 Å². The largest absolute Gasteiger partial charge is 0.493 e. The minimum absolute atomic E-state index is 0.0471. The highest BCUT2D eigenvalue weighted by molar-refractivity contribution is 5.98. The summed E-state index contributed by atoms with van der Waals surface area (Å²) in [5.41, 5.74) is 2.77. The summed E-state index contributed by atoms with van der Waals surface area (Å²) in [6.07, 6.45) is 3.69. The van der Waals surface area contributed by atoms with Gasteiger partial charge in [-0.15, -0.1) is 0 Å². The molecule has 0 aromatic heterocycles. The molecule has 3 rings (SSSR count). The number of ether oxygens (including phenoxy) is 3. The molecule has 28 heavy (non-hydrogen) atoms. The number of amides is 1. The Labute approximate surface area is 164 Å². The van der Waals surface area contributed by atoms with E-state index in [1.54, 1.807) is 43.4 Å². The van der Waals surface area contributed by atoms with Crippen LogP contribution >= 0.6 is 0 Å². The number of hydrogen-bond acceptors (Lipinski definition) is 5. The number of fused-ring (bicyclic) bond motifs is 1. The number of hydrogen-bond donors (Lipinski definition) is 0. The van der Waals surface area contributed by atoms with Crippen LogP contribution < -0.4 is 14.4 Å². The highest BCUT2D eigenvalue weighted by Crippen LogP contribution is 2.32. The highest BCUT2D eigenvalue weighted by atomic mass is 16.5. The van der Waals surface area contributed by atoms with E-state index in [9.17, 15) is 9.59 Å². The van der Waals surface area contributed by atoms with Gasteiger partial charge in [-0.3, -0.25) is 4.79 Å². The van der Waals surface area contributed by atoms with Crippen LogP contribution in [0.3, 0.4) is 0 Å². The molecule has 0 spiro atoms. The maximum atomic E-state index is 12.5. The van der Waals surface area contributed by atoms with Gasteiger partial charge >= 0.3 is 5.97 Å². The Morgan fingerprint density at radius 3 is 2.61 bits per heavy atom. The van der Waals surface area contributed by atoms with Gasteiger partial charge in [0.2, 0.25) is 0 Å². The van der Waals surface area contributed by atoms with Crippen LogP contribution in [0, 0.1) is 0 Å². The number of methoxy groups -OCH3 is 2. The fourth-order valence-electron chi connectivity index (χ4n) is 3.32. The molecule has 0 radical (unpaired) electrons. The predicted molar refractivity (Wildman–Crippen MR) is 107 cm³/mol. The Hall–Kier alpha value is -3.28. The van der Waals surface area contributed by atoms with Crippen molar-refractivity contribution in [3.63, 3.8) is 0 Å². The van der Waals surface area contributed by atoms with Gasteiger partial charge in [0.1, 0.15) is 0 Å². The second-order valence-corrected chi connectivity index (χ2v) is 6.50. The molecule has 0 fully saturated rings. The quantitative estimate of drug-likeness (QED) is 0.568. The number of para-hydroxylation sites is 1. The SMILES string of the molecule is COc1ccc(/C=C/C(=O)OCC(=O)N2c3ccccc3C[C@H]2C)cc1OC. The summed E-state index contributed by atoms with van der Waals surface area (Å²) in [5, 5.41) is 0. The molecule has 1 atom stereocenters. The number of rotatable bonds is 6. The average molecular weight is 381 g/mol. The van der Waals surface area contributed by atoms with Crippen LogP contribution in [-0.2, 0) is 20.7 Å². The van der Waals surface area contributed by atoms with Gasteiger partial charge in [0, 0.05) is 17.8 Å². The fourth-order valence-corrected chi connectivity index (χ4v) is 3.32. The van der Waals surface area contributed by atoms with Gasteiger partial charge in [-0.25, -0.2) is 4.79 Å². The van der Waals surface area contributed by atoms with Crippen LogP contribution in [0.4, 0.5) is 5.69 Å². The lowest BCUT2D eigenvalue weighted by molar-refractivity contribution is -0.143. The minimum Gasteiger partial charge on any atom is -0.493 e. The molecule has 1 heterocycles. The summed E-state index contributed by atoms with van der Waals surface area (Å²) < 4.78 is 15.5. The summed E-state index contributed by atoms with van der Waals surface area (Å²) in [6.45, 7) is 1.68. The molecule has 2 aromatic carbocycles. The van der Waals surface area contributed by atoms with E-state index in [-0.39, 0.29) is 18.6 Å². The number of carbonyl (C=O) groups excluding carboxylic acids is 2. The van der Waals surface area contributed by atoms with Gasteiger partial charge in [0.25, 0.3) is 5.91 Å². The molecule has 0 N–H and O–H groups in total. The fraction of sp³-hybridized carbons (Fsp3) is 0.273. The molecule has 0 unspecified atom stereocenters. The standard InChI is InChI=1S/C22H23NO5/c1-15-12-17-6-4-5-7-18(17)23(15)21(24)14-28-22(25)11-9-16-8-10-19(26-2)20(13-16)27-3/h4-11,13,15H,12,14H2,1-3H3/b11-9+/t15-/m1/s1. The summed E-state index contributed by atoms with van der Waals surface area (Å²) in [6, 6.07) is 13.1. The number of carbonyl (C=O) groups is 2. The minimum atomic E-state index is -0.580. The van der Waals surface area contributed by atoms with Crippen molar-refractivity contribution in [2.45, 2.75) is 19.4 Å². The van der Waals surface area contributed by atoms with Gasteiger partial charge < -0.3 is 19.1 Å². The topological polar surface area (TPSA) is 65.1 Å². The second-order valence-electron chi connectivity index (χ2n) is 6.50. The van der Waals surface area contributed by atoms with E-state index in [4.69, 9.17) is 14.2 Å². The molecular weight excluding hydrogens is 358 g/mol. The number of esters is 1. The van der Waals surface area contributed by atoms with E-state index in [2.05, 4.69) is 0 Å². The first-order valence-corrected chi connectivity index (χ1v) is 9.00. The first-order valence-electron chi connectivity index (χ1n) is 9.00. The third-order valence-electron chi connectivity index (χ3n) is 4.63. The number of benzene rings is 2. The molecule has 1 amide bonds. The first kappa shape index (κ1) is 19.5. The molecule has 0 bridgehead atoms. The molecule has 1 aliphatic rings. The highest BCUT2D eigenvalue weighted by Gasteiger charge is 2.30. The molecule has 2 aromatic rings. The van der Waals surface area contributed by atoms with Gasteiger partial charge in [-0.05, 0) is 48.7 Å². The van der Waals surface area contributed by atoms with Gasteiger partial charge in [-0.2, -0.15) is 0 Å². The normalized spacial score (nSPS) is 15.4. The van der Waals surface area contributed by atoms with Crippen LogP contribution in [0.2, 0.25) is 0 Å². The van der Waals surface area contributed by atoms with Crippen LogP contribution in [0.5, 0.6) is 11.5 Å². The molecule has 0 aliphatic carbocycles. The average Bonchev–Trinajstić information content (AvgIpc) is 3.05. The van der Waals surface area contributed by atoms with Crippen LogP contribution in [-0.4, -0.2) is 38.7 Å². The third-order valence-corrected chi connectivity index (χ3v) is 4.63. The molecule has 146 valence electrons. The summed E-state index contributed by atoms with van der Waals surface area (Å²) in [5.74, 6) is 0.358. The van der Waals surface area contributed by atoms with Crippen LogP contribution in [0.15, 0.2) is 48.5 Å². The van der Waals surface area contributed by atoms with Crippen molar-refractivity contribution < 1.29 is 23.8 Å². The van der Waals surface area contributed by atoms with Crippen LogP contribution in [0.1, 0.15) is 18.1 Å². The Morgan fingerprint density at radius 2 is 1.86 bits per heavy atom. The Morgan fingerprint density at radius 1 is 1.11 bits per heavy atom. The van der Waals surface area contributed by atoms with Crippen molar-refractivity contribution in [1.29, 1.82) is 0 Å². The Balaban J connectivity index is 1.59. The van der Waals surface area contributed by atoms with Gasteiger partial charge in [0.05, 0.1) is 14.2 Å². The van der Waals surface area contributed by atoms with Crippen molar-refractivity contribution in [2.75, 3.05) is 25.7 Å². The Bertz CT molecular complexity index is 906. The zero-order chi connectivity index (χ0) is 20.1. The van der Waals surface area contributed by atoms with Crippen molar-refractivity contribution in [3.8, 4) is 11.5 Å². The second kappa shape index (κ2) is 8.61. The lowest BCUT2D eigenvalue weighted by Crippen LogP contribution is -2.38. The smallest absolute Gasteiger partial charge is 0.331 e. The lowest BCUT2D eigenvalue weighted by Gasteiger charge is -2.22. The predicted octanol–water partition coefficient (Wildman–Crippen LogP) is 3.24. The maximum Gasteiger partial charge on any atom is 0.331 e. The zero-order valence-electron chi connectivity index (χ0n) is 16.2. The molecule has 0 saturated heterocycles. The van der Waals surface area contributed by atoms with Crippen LogP contribution in [0.25, 0.3) is 6.08 Å². The van der Waals surface area contributed by atoms with Crippen molar-refractivity contribution in [3.05, 3.63) is 59.7 Å². The van der Waals surface area contributed by atoms with Crippen molar-refractivity contribution in [2.24, 2.45) is 0 Å².